The fraction of sp³-hybridized carbons (Fsp3) is 0.533. The molecule has 1 fully saturated rings. The minimum absolute atomic E-state index is 0.0519. The quantitative estimate of drug-likeness (QED) is 0.633. The lowest BCUT2D eigenvalue weighted by Gasteiger charge is -2.39. The van der Waals surface area contributed by atoms with E-state index >= 15 is 0 Å². The Hall–Kier alpha value is -2.16. The van der Waals surface area contributed by atoms with Crippen molar-refractivity contribution in [2.24, 2.45) is 5.73 Å². The molecule has 1 aromatic rings. The predicted molar refractivity (Wildman–Crippen MR) is 80.3 cm³/mol. The number of nitro benzene ring substituents is 1. The Bertz CT molecular complexity index is 641. The second-order valence-corrected chi connectivity index (χ2v) is 5.96. The van der Waals surface area contributed by atoms with Crippen LogP contribution >= 0.6 is 0 Å². The van der Waals surface area contributed by atoms with Crippen LogP contribution in [-0.4, -0.2) is 22.5 Å². The van der Waals surface area contributed by atoms with Crippen LogP contribution in [0.25, 0.3) is 0 Å². The highest BCUT2D eigenvalue weighted by Crippen LogP contribution is 2.42. The number of rotatable bonds is 5. The number of nitro groups is 1. The third kappa shape index (κ3) is 3.66. The van der Waals surface area contributed by atoms with Crippen LogP contribution in [-0.2, 0) is 6.54 Å². The molecule has 0 atom stereocenters. The van der Waals surface area contributed by atoms with Crippen LogP contribution in [0.1, 0.15) is 48.0 Å². The number of carbonyl (C=O) groups excluding carboxylic acids is 1. The molecule has 132 valence electrons. The average molecular weight is 345 g/mol. The fourth-order valence-electron chi connectivity index (χ4n) is 3.02. The van der Waals surface area contributed by atoms with Crippen molar-refractivity contribution >= 4 is 11.6 Å². The Kier molecular flexibility index (Phi) is 5.12. The summed E-state index contributed by atoms with van der Waals surface area (Å²) in [5, 5.41) is 13.6. The van der Waals surface area contributed by atoms with Crippen molar-refractivity contribution in [2.75, 3.05) is 0 Å². The minimum atomic E-state index is -4.44. The predicted octanol–water partition coefficient (Wildman–Crippen LogP) is 3.05. The third-order valence-corrected chi connectivity index (χ3v) is 4.43. The topological polar surface area (TPSA) is 98.3 Å². The Balaban J connectivity index is 2.26. The van der Waals surface area contributed by atoms with E-state index in [0.717, 1.165) is 12.5 Å². The van der Waals surface area contributed by atoms with Gasteiger partial charge in [-0.1, -0.05) is 25.3 Å². The number of nitrogens with zero attached hydrogens (tertiary/aromatic N) is 1. The summed E-state index contributed by atoms with van der Waals surface area (Å²) in [4.78, 5) is 21.5. The number of nitrogens with one attached hydrogen (secondary N) is 1. The van der Waals surface area contributed by atoms with Gasteiger partial charge >= 0.3 is 6.18 Å². The Morgan fingerprint density at radius 1 is 1.29 bits per heavy atom. The van der Waals surface area contributed by atoms with Crippen molar-refractivity contribution in [3.8, 4) is 0 Å². The first-order chi connectivity index (χ1) is 11.2. The molecule has 0 heterocycles. The summed E-state index contributed by atoms with van der Waals surface area (Å²) in [6.07, 6.45) is -2.89. The summed E-state index contributed by atoms with van der Waals surface area (Å²) >= 11 is 0. The van der Waals surface area contributed by atoms with Crippen molar-refractivity contribution in [2.45, 2.75) is 50.4 Å². The average Bonchev–Trinajstić information content (AvgIpc) is 2.52. The SMILES string of the molecule is NC(=O)c1ccc(CNC2(C(F)(F)F)CCCCC2)c([N+](=O)[O-])c1. The molecule has 6 nitrogen and oxygen atoms in total. The monoisotopic (exact) mass is 345 g/mol. The van der Waals surface area contributed by atoms with Crippen molar-refractivity contribution < 1.29 is 22.9 Å². The Morgan fingerprint density at radius 2 is 1.92 bits per heavy atom. The molecular weight excluding hydrogens is 327 g/mol. The largest absolute Gasteiger partial charge is 0.406 e. The van der Waals surface area contributed by atoms with Gasteiger partial charge in [-0.2, -0.15) is 13.2 Å². The zero-order chi connectivity index (χ0) is 18.0. The molecule has 0 unspecified atom stereocenters. The molecule has 1 saturated carbocycles. The van der Waals surface area contributed by atoms with Crippen LogP contribution in [0, 0.1) is 10.1 Å². The van der Waals surface area contributed by atoms with E-state index in [1.165, 1.54) is 12.1 Å². The van der Waals surface area contributed by atoms with Gasteiger partial charge in [0.1, 0.15) is 5.54 Å². The molecule has 3 N–H and O–H groups in total. The van der Waals surface area contributed by atoms with E-state index < -0.39 is 28.2 Å². The number of alkyl halides is 3. The second kappa shape index (κ2) is 6.76. The molecular formula is C15H18F3N3O3. The molecule has 0 bridgehead atoms. The van der Waals surface area contributed by atoms with Gasteiger partial charge in [-0.25, -0.2) is 0 Å². The van der Waals surface area contributed by atoms with Crippen LogP contribution in [0.4, 0.5) is 18.9 Å². The van der Waals surface area contributed by atoms with Crippen LogP contribution < -0.4 is 11.1 Å². The molecule has 1 aliphatic carbocycles. The molecule has 0 spiro atoms. The van der Waals surface area contributed by atoms with Crippen LogP contribution in [0.5, 0.6) is 0 Å². The summed E-state index contributed by atoms with van der Waals surface area (Å²) in [7, 11) is 0. The number of amides is 1. The van der Waals surface area contributed by atoms with Gasteiger partial charge in [0.25, 0.3) is 5.69 Å². The van der Waals surface area contributed by atoms with E-state index in [9.17, 15) is 28.1 Å². The summed E-state index contributed by atoms with van der Waals surface area (Å²) in [6, 6.07) is 3.52. The van der Waals surface area contributed by atoms with E-state index in [2.05, 4.69) is 5.32 Å². The van der Waals surface area contributed by atoms with Crippen LogP contribution in [0.2, 0.25) is 0 Å². The molecule has 1 aromatic carbocycles. The maximum atomic E-state index is 13.5. The summed E-state index contributed by atoms with van der Waals surface area (Å²) < 4.78 is 40.4. The molecule has 9 heteroatoms. The van der Waals surface area contributed by atoms with Gasteiger partial charge in [-0.15, -0.1) is 0 Å². The number of nitrogens with two attached hydrogens (primary N) is 1. The highest BCUT2D eigenvalue weighted by Gasteiger charge is 2.54. The first-order valence-corrected chi connectivity index (χ1v) is 7.55. The third-order valence-electron chi connectivity index (χ3n) is 4.43. The number of benzene rings is 1. The summed E-state index contributed by atoms with van der Waals surface area (Å²) in [5.41, 5.74) is 2.65. The van der Waals surface area contributed by atoms with Gasteiger partial charge < -0.3 is 5.73 Å². The van der Waals surface area contributed by atoms with E-state index in [-0.39, 0.29) is 30.5 Å². The Labute approximate surface area is 136 Å². The number of halogens is 3. The first kappa shape index (κ1) is 18.2. The molecule has 0 aromatic heterocycles. The van der Waals surface area contributed by atoms with Crippen LogP contribution in [0.15, 0.2) is 18.2 Å². The first-order valence-electron chi connectivity index (χ1n) is 7.55. The van der Waals surface area contributed by atoms with Gasteiger partial charge in [0.2, 0.25) is 5.91 Å². The lowest BCUT2D eigenvalue weighted by Crippen LogP contribution is -2.57. The maximum Gasteiger partial charge on any atom is 0.406 e. The molecule has 1 aliphatic rings. The number of primary amides is 1. The van der Waals surface area contributed by atoms with Gasteiger partial charge in [0.05, 0.1) is 4.92 Å². The minimum Gasteiger partial charge on any atom is -0.366 e. The Morgan fingerprint density at radius 3 is 2.42 bits per heavy atom. The smallest absolute Gasteiger partial charge is 0.366 e. The summed E-state index contributed by atoms with van der Waals surface area (Å²) in [6.45, 7) is -0.311. The van der Waals surface area contributed by atoms with Crippen molar-refractivity contribution in [1.82, 2.24) is 5.32 Å². The normalized spacial score (nSPS) is 17.5. The second-order valence-electron chi connectivity index (χ2n) is 5.96. The number of hydrogen-bond acceptors (Lipinski definition) is 4. The number of carbonyl (C=O) groups is 1. The van der Waals surface area contributed by atoms with E-state index in [0.29, 0.717) is 12.8 Å². The molecule has 0 saturated heterocycles. The number of hydrogen-bond donors (Lipinski definition) is 2. The molecule has 0 radical (unpaired) electrons. The van der Waals surface area contributed by atoms with Crippen LogP contribution in [0.3, 0.4) is 0 Å². The van der Waals surface area contributed by atoms with Gasteiger partial charge in [0, 0.05) is 23.7 Å². The fourth-order valence-corrected chi connectivity index (χ4v) is 3.02. The molecule has 1 amide bonds. The van der Waals surface area contributed by atoms with E-state index in [1.54, 1.807) is 0 Å². The standard InChI is InChI=1S/C15H18F3N3O3/c16-15(17,18)14(6-2-1-3-7-14)20-9-11-5-4-10(13(19)22)8-12(11)21(23)24/h4-5,8,20H,1-3,6-7,9H2,(H2,19,22). The maximum absolute atomic E-state index is 13.5. The van der Waals surface area contributed by atoms with Gasteiger partial charge in [-0.05, 0) is 18.9 Å². The molecule has 24 heavy (non-hydrogen) atoms. The lowest BCUT2D eigenvalue weighted by molar-refractivity contribution is -0.385. The molecule has 0 aliphatic heterocycles. The van der Waals surface area contributed by atoms with Gasteiger partial charge in [-0.3, -0.25) is 20.2 Å². The zero-order valence-electron chi connectivity index (χ0n) is 12.9. The van der Waals surface area contributed by atoms with E-state index in [4.69, 9.17) is 5.73 Å². The highest BCUT2D eigenvalue weighted by atomic mass is 19.4. The van der Waals surface area contributed by atoms with Crippen molar-refractivity contribution in [3.05, 3.63) is 39.4 Å². The highest BCUT2D eigenvalue weighted by molar-refractivity contribution is 5.93. The van der Waals surface area contributed by atoms with Crippen molar-refractivity contribution in [3.63, 3.8) is 0 Å². The molecule has 2 rings (SSSR count). The lowest BCUT2D eigenvalue weighted by atomic mass is 9.81. The van der Waals surface area contributed by atoms with Crippen molar-refractivity contribution in [1.29, 1.82) is 0 Å². The summed E-state index contributed by atoms with van der Waals surface area (Å²) in [5.74, 6) is -0.836. The van der Waals surface area contributed by atoms with Gasteiger partial charge in [0.15, 0.2) is 0 Å². The zero-order valence-corrected chi connectivity index (χ0v) is 12.9. The van der Waals surface area contributed by atoms with E-state index in [1.807, 2.05) is 0 Å².